The normalized spacial score (nSPS) is 19.1. The molecule has 11 heteroatoms. The smallest absolute Gasteiger partial charge is 0.408 e. The molecule has 0 radical (unpaired) electrons. The van der Waals surface area contributed by atoms with Crippen LogP contribution in [0.4, 0.5) is 9.18 Å². The molecule has 0 saturated heterocycles. The number of pyridine rings is 2. The number of fused-ring (bicyclic) bond motifs is 7. The van der Waals surface area contributed by atoms with Gasteiger partial charge in [0.25, 0.3) is 5.56 Å². The molecule has 1 amide bonds. The number of hydrogen-bond acceptors (Lipinski definition) is 8. The zero-order valence-corrected chi connectivity index (χ0v) is 19.8. The second-order valence-electron chi connectivity index (χ2n) is 9.24. The first-order valence-electron chi connectivity index (χ1n) is 11.6. The molecule has 3 aromatic rings. The molecular weight excluding hydrogens is 473 g/mol. The van der Waals surface area contributed by atoms with Gasteiger partial charge in [0, 0.05) is 28.6 Å². The molecule has 1 N–H and O–H groups in total. The van der Waals surface area contributed by atoms with E-state index in [1.54, 1.807) is 32.9 Å². The topological polar surface area (TPSA) is 118 Å². The number of aromatic nitrogens is 2. The molecule has 1 atom stereocenters. The van der Waals surface area contributed by atoms with Gasteiger partial charge in [0.05, 0.1) is 29.0 Å². The van der Waals surface area contributed by atoms with Crippen LogP contribution in [0.15, 0.2) is 23.0 Å². The van der Waals surface area contributed by atoms with E-state index in [-0.39, 0.29) is 60.6 Å². The van der Waals surface area contributed by atoms with Crippen LogP contribution in [-0.2, 0) is 33.0 Å². The van der Waals surface area contributed by atoms with Gasteiger partial charge in [0.1, 0.15) is 6.61 Å². The summed E-state index contributed by atoms with van der Waals surface area (Å²) in [4.78, 5) is 43.7. The van der Waals surface area contributed by atoms with E-state index < -0.39 is 23.5 Å². The van der Waals surface area contributed by atoms with E-state index >= 15 is 0 Å². The number of ether oxygens (including phenoxy) is 4. The van der Waals surface area contributed by atoms with Crippen molar-refractivity contribution >= 4 is 23.0 Å². The van der Waals surface area contributed by atoms with E-state index in [1.807, 2.05) is 0 Å². The molecule has 1 aromatic carbocycles. The second kappa shape index (κ2) is 7.67. The van der Waals surface area contributed by atoms with Crippen LogP contribution in [0, 0.1) is 5.82 Å². The Morgan fingerprint density at radius 1 is 1.22 bits per heavy atom. The molecular formula is C25H22FN3O7. The Labute approximate surface area is 203 Å². The van der Waals surface area contributed by atoms with Crippen molar-refractivity contribution in [2.45, 2.75) is 52.0 Å². The van der Waals surface area contributed by atoms with Crippen molar-refractivity contribution in [3.05, 3.63) is 51.1 Å². The lowest BCUT2D eigenvalue weighted by atomic mass is 9.85. The van der Waals surface area contributed by atoms with E-state index in [4.69, 9.17) is 18.9 Å². The minimum Gasteiger partial charge on any atom is -0.457 e. The molecule has 10 nitrogen and oxygen atoms in total. The summed E-state index contributed by atoms with van der Waals surface area (Å²) in [7, 11) is 0. The number of nitrogens with zero attached hydrogens (tertiary/aromatic N) is 2. The van der Waals surface area contributed by atoms with E-state index in [9.17, 15) is 18.8 Å². The Balaban J connectivity index is 1.54. The predicted octanol–water partition coefficient (Wildman–Crippen LogP) is 3.09. The third-order valence-corrected chi connectivity index (χ3v) is 6.72. The van der Waals surface area contributed by atoms with Crippen molar-refractivity contribution in [1.29, 1.82) is 0 Å². The van der Waals surface area contributed by atoms with Gasteiger partial charge < -0.3 is 28.8 Å². The Morgan fingerprint density at radius 3 is 2.75 bits per heavy atom. The van der Waals surface area contributed by atoms with Gasteiger partial charge in [-0.15, -0.1) is 0 Å². The van der Waals surface area contributed by atoms with Crippen molar-refractivity contribution in [2.75, 3.05) is 6.79 Å². The van der Waals surface area contributed by atoms with Gasteiger partial charge in [-0.05, 0) is 32.4 Å². The van der Waals surface area contributed by atoms with Gasteiger partial charge in [-0.1, -0.05) is 6.92 Å². The van der Waals surface area contributed by atoms with Crippen molar-refractivity contribution in [2.24, 2.45) is 0 Å². The number of cyclic esters (lactones) is 1. The van der Waals surface area contributed by atoms with Gasteiger partial charge in [0.2, 0.25) is 18.1 Å². The number of halogens is 1. The first-order valence-corrected chi connectivity index (χ1v) is 11.6. The molecule has 0 saturated carbocycles. The number of benzene rings is 1. The van der Waals surface area contributed by atoms with Gasteiger partial charge in [-0.3, -0.25) is 4.79 Å². The zero-order chi connectivity index (χ0) is 25.4. The number of carbonyl (C=O) groups excluding carboxylic acids is 2. The third kappa shape index (κ3) is 3.01. The molecule has 0 spiro atoms. The number of nitrogens with one attached hydrogen (secondary N) is 1. The van der Waals surface area contributed by atoms with Crippen LogP contribution in [0.25, 0.3) is 22.3 Å². The van der Waals surface area contributed by atoms with Gasteiger partial charge in [-0.25, -0.2) is 19.0 Å². The fourth-order valence-corrected chi connectivity index (χ4v) is 5.05. The number of hydrogen-bond donors (Lipinski definition) is 1. The number of amides is 1. The molecule has 0 aliphatic carbocycles. The van der Waals surface area contributed by atoms with Crippen molar-refractivity contribution in [3.63, 3.8) is 0 Å². The highest BCUT2D eigenvalue weighted by Crippen LogP contribution is 2.45. The lowest BCUT2D eigenvalue weighted by Crippen LogP contribution is -2.49. The lowest BCUT2D eigenvalue weighted by Gasteiger charge is -2.35. The highest BCUT2D eigenvalue weighted by molar-refractivity contribution is 5.92. The van der Waals surface area contributed by atoms with Gasteiger partial charge >= 0.3 is 12.1 Å². The SMILES string of the molecule is CC[C@@]1(OC(=O)NC(C)C)C(=O)OCc2c1cc1n(c2=O)Cc2cc3c4c(c(F)cc3nc2-1)OCO4. The van der Waals surface area contributed by atoms with Crippen molar-refractivity contribution < 1.29 is 32.9 Å². The number of esters is 1. The second-order valence-corrected chi connectivity index (χ2v) is 9.24. The maximum atomic E-state index is 14.6. The fourth-order valence-electron chi connectivity index (χ4n) is 5.05. The monoisotopic (exact) mass is 495 g/mol. The minimum absolute atomic E-state index is 0.0348. The summed E-state index contributed by atoms with van der Waals surface area (Å²) in [5.41, 5.74) is 0.298. The first kappa shape index (κ1) is 22.3. The highest BCUT2D eigenvalue weighted by Gasteiger charge is 2.50. The maximum absolute atomic E-state index is 14.6. The molecule has 3 aliphatic rings. The molecule has 5 heterocycles. The Kier molecular flexibility index (Phi) is 4.76. The average Bonchev–Trinajstić information content (AvgIpc) is 3.46. The first-order chi connectivity index (χ1) is 17.2. The average molecular weight is 495 g/mol. The minimum atomic E-state index is -1.79. The summed E-state index contributed by atoms with van der Waals surface area (Å²) in [5, 5.41) is 3.18. The van der Waals surface area contributed by atoms with E-state index in [1.165, 1.54) is 10.6 Å². The van der Waals surface area contributed by atoms with Gasteiger partial charge in [-0.2, -0.15) is 0 Å². The van der Waals surface area contributed by atoms with E-state index in [0.717, 1.165) is 5.56 Å². The summed E-state index contributed by atoms with van der Waals surface area (Å²) in [5.74, 6) is -1.04. The Hall–Kier alpha value is -4.15. The summed E-state index contributed by atoms with van der Waals surface area (Å²) in [6.45, 7) is 5.08. The molecule has 36 heavy (non-hydrogen) atoms. The molecule has 2 aromatic heterocycles. The maximum Gasteiger partial charge on any atom is 0.408 e. The molecule has 0 unspecified atom stereocenters. The molecule has 6 rings (SSSR count). The zero-order valence-electron chi connectivity index (χ0n) is 19.8. The van der Waals surface area contributed by atoms with Crippen LogP contribution in [-0.4, -0.2) is 34.4 Å². The molecule has 186 valence electrons. The largest absolute Gasteiger partial charge is 0.457 e. The van der Waals surface area contributed by atoms with Crippen LogP contribution < -0.4 is 20.3 Å². The molecule has 3 aliphatic heterocycles. The van der Waals surface area contributed by atoms with Crippen molar-refractivity contribution in [1.82, 2.24) is 14.9 Å². The van der Waals surface area contributed by atoms with Crippen LogP contribution >= 0.6 is 0 Å². The molecule has 0 fully saturated rings. The van der Waals surface area contributed by atoms with Crippen LogP contribution in [0.3, 0.4) is 0 Å². The highest BCUT2D eigenvalue weighted by atomic mass is 19.1. The molecule has 0 bridgehead atoms. The summed E-state index contributed by atoms with van der Waals surface area (Å²) in [6, 6.07) is 4.49. The number of rotatable bonds is 3. The Bertz CT molecular complexity index is 1550. The summed E-state index contributed by atoms with van der Waals surface area (Å²) < 4.78 is 37.7. The van der Waals surface area contributed by atoms with E-state index in [0.29, 0.717) is 22.3 Å². The Morgan fingerprint density at radius 2 is 2.00 bits per heavy atom. The third-order valence-electron chi connectivity index (χ3n) is 6.72. The van der Waals surface area contributed by atoms with Crippen LogP contribution in [0.5, 0.6) is 11.5 Å². The van der Waals surface area contributed by atoms with Crippen LogP contribution in [0.2, 0.25) is 0 Å². The van der Waals surface area contributed by atoms with E-state index in [2.05, 4.69) is 10.3 Å². The van der Waals surface area contributed by atoms with Crippen LogP contribution in [0.1, 0.15) is 43.9 Å². The van der Waals surface area contributed by atoms with Crippen molar-refractivity contribution in [3.8, 4) is 22.9 Å². The van der Waals surface area contributed by atoms with Gasteiger partial charge in [0.15, 0.2) is 11.6 Å². The quantitative estimate of drug-likeness (QED) is 0.431. The predicted molar refractivity (Wildman–Crippen MR) is 123 cm³/mol. The lowest BCUT2D eigenvalue weighted by molar-refractivity contribution is -0.172. The summed E-state index contributed by atoms with van der Waals surface area (Å²) in [6.07, 6.45) is -0.742. The number of alkyl carbamates (subject to hydrolysis) is 1. The standard InChI is InChI=1S/C25H22FN3O7/c1-4-25(36-24(32)27-11(2)3)15-6-18-19-12(8-29(18)22(30)14(15)9-33-23(25)31)5-13-17(28-19)7-16(26)21-20(13)34-10-35-21/h5-7,11H,4,8-10H2,1-3H3,(H,27,32)/t25-/m0/s1. The number of carbonyl (C=O) groups is 2. The fraction of sp³-hybridized carbons (Fsp3) is 0.360. The summed E-state index contributed by atoms with van der Waals surface area (Å²) >= 11 is 0.